The molecule has 1 saturated heterocycles. The molecule has 9 heteroatoms. The summed E-state index contributed by atoms with van der Waals surface area (Å²) in [5, 5.41) is 18.7. The summed E-state index contributed by atoms with van der Waals surface area (Å²) >= 11 is 0. The van der Waals surface area contributed by atoms with E-state index in [0.717, 1.165) is 30.4 Å². The molecule has 1 aromatic heterocycles. The van der Waals surface area contributed by atoms with E-state index in [-0.39, 0.29) is 6.61 Å². The molecule has 0 aliphatic carbocycles. The van der Waals surface area contributed by atoms with Crippen LogP contribution in [0, 0.1) is 13.8 Å². The molecule has 38 heavy (non-hydrogen) atoms. The molecule has 2 heterocycles. The van der Waals surface area contributed by atoms with E-state index in [0.29, 0.717) is 29.7 Å². The first-order chi connectivity index (χ1) is 18.3. The molecule has 1 unspecified atom stereocenters. The molecule has 0 saturated carbocycles. The van der Waals surface area contributed by atoms with Gasteiger partial charge < -0.3 is 19.3 Å². The van der Waals surface area contributed by atoms with Crippen molar-refractivity contribution in [2.45, 2.75) is 77.4 Å². The van der Waals surface area contributed by atoms with E-state index in [9.17, 15) is 14.7 Å². The monoisotopic (exact) mass is 521 g/mol. The Balaban J connectivity index is 1.45. The Morgan fingerprint density at radius 2 is 1.66 bits per heavy atom. The molecule has 1 N–H and O–H groups in total. The molecule has 0 radical (unpaired) electrons. The lowest BCUT2D eigenvalue weighted by molar-refractivity contribution is -0.0604. The van der Waals surface area contributed by atoms with E-state index < -0.39 is 36.5 Å². The second-order valence-corrected chi connectivity index (χ2v) is 9.77. The maximum atomic E-state index is 12.9. The van der Waals surface area contributed by atoms with Gasteiger partial charge in [-0.15, -0.1) is 5.10 Å². The quantitative estimate of drug-likeness (QED) is 0.281. The minimum absolute atomic E-state index is 0.101. The predicted molar refractivity (Wildman–Crippen MR) is 139 cm³/mol. The molecule has 2 aromatic carbocycles. The molecule has 9 nitrogen and oxygen atoms in total. The highest BCUT2D eigenvalue weighted by Crippen LogP contribution is 2.32. The van der Waals surface area contributed by atoms with Crippen LogP contribution in [0.15, 0.2) is 54.7 Å². The Hall–Kier alpha value is -3.56. The van der Waals surface area contributed by atoms with Gasteiger partial charge >= 0.3 is 11.9 Å². The lowest BCUT2D eigenvalue weighted by Gasteiger charge is -2.19. The summed E-state index contributed by atoms with van der Waals surface area (Å²) < 4.78 is 19.0. The summed E-state index contributed by atoms with van der Waals surface area (Å²) in [6.07, 6.45) is 2.85. The Labute approximate surface area is 222 Å². The van der Waals surface area contributed by atoms with Crippen LogP contribution < -0.4 is 0 Å². The SMILES string of the molecule is CCCCCC(O)c1cn([C@H]2C[C@H](OC(=O)c3ccc(C)cc3)[C@@H](COC(=O)c3ccc(C)cc3)O2)nn1. The Bertz CT molecular complexity index is 1210. The fourth-order valence-electron chi connectivity index (χ4n) is 4.28. The number of aryl methyl sites for hydroxylation is 2. The van der Waals surface area contributed by atoms with Gasteiger partial charge in [0.05, 0.1) is 23.4 Å². The van der Waals surface area contributed by atoms with Crippen molar-refractivity contribution in [3.8, 4) is 0 Å². The topological polar surface area (TPSA) is 113 Å². The second kappa shape index (κ2) is 12.8. The zero-order chi connectivity index (χ0) is 27.1. The summed E-state index contributed by atoms with van der Waals surface area (Å²) in [6.45, 7) is 5.89. The van der Waals surface area contributed by atoms with Gasteiger partial charge in [-0.25, -0.2) is 14.3 Å². The molecule has 1 aliphatic rings. The van der Waals surface area contributed by atoms with Gasteiger partial charge in [0.15, 0.2) is 6.23 Å². The van der Waals surface area contributed by atoms with Crippen LogP contribution in [0.4, 0.5) is 0 Å². The van der Waals surface area contributed by atoms with Gasteiger partial charge in [0.1, 0.15) is 24.5 Å². The molecule has 202 valence electrons. The third-order valence-corrected chi connectivity index (χ3v) is 6.64. The second-order valence-electron chi connectivity index (χ2n) is 9.77. The molecule has 0 amide bonds. The number of benzene rings is 2. The highest BCUT2D eigenvalue weighted by atomic mass is 16.6. The summed E-state index contributed by atoms with van der Waals surface area (Å²) in [7, 11) is 0. The largest absolute Gasteiger partial charge is 0.459 e. The van der Waals surface area contributed by atoms with E-state index in [1.165, 1.54) is 4.68 Å². The summed E-state index contributed by atoms with van der Waals surface area (Å²) in [4.78, 5) is 25.4. The van der Waals surface area contributed by atoms with Gasteiger partial charge in [0.2, 0.25) is 0 Å². The minimum atomic E-state index is -0.710. The average Bonchev–Trinajstić information content (AvgIpc) is 3.56. The Kier molecular flexibility index (Phi) is 9.25. The smallest absolute Gasteiger partial charge is 0.338 e. The van der Waals surface area contributed by atoms with Gasteiger partial charge in [-0.1, -0.05) is 66.8 Å². The normalized spacial score (nSPS) is 19.7. The van der Waals surface area contributed by atoms with Crippen LogP contribution in [-0.4, -0.2) is 50.9 Å². The van der Waals surface area contributed by atoms with E-state index in [1.807, 2.05) is 38.1 Å². The zero-order valence-corrected chi connectivity index (χ0v) is 22.1. The molecule has 3 aromatic rings. The number of carbonyl (C=O) groups is 2. The number of aromatic nitrogens is 3. The lowest BCUT2D eigenvalue weighted by atomic mass is 10.1. The van der Waals surface area contributed by atoms with Crippen molar-refractivity contribution in [3.05, 3.63) is 82.7 Å². The van der Waals surface area contributed by atoms with Gasteiger partial charge in [0, 0.05) is 6.42 Å². The van der Waals surface area contributed by atoms with Crippen LogP contribution in [0.2, 0.25) is 0 Å². The van der Waals surface area contributed by atoms with Crippen molar-refractivity contribution in [1.29, 1.82) is 0 Å². The molecular formula is C29H35N3O6. The number of unbranched alkanes of at least 4 members (excludes halogenated alkanes) is 2. The predicted octanol–water partition coefficient (Wildman–Crippen LogP) is 4.88. The molecule has 1 aliphatic heterocycles. The van der Waals surface area contributed by atoms with Gasteiger partial charge in [-0.05, 0) is 44.5 Å². The molecule has 4 atom stereocenters. The van der Waals surface area contributed by atoms with Crippen molar-refractivity contribution < 1.29 is 28.9 Å². The number of aliphatic hydroxyl groups excluding tert-OH is 1. The fourth-order valence-corrected chi connectivity index (χ4v) is 4.28. The van der Waals surface area contributed by atoms with Crippen molar-refractivity contribution in [3.63, 3.8) is 0 Å². The van der Waals surface area contributed by atoms with Gasteiger partial charge in [-0.2, -0.15) is 0 Å². The first-order valence-electron chi connectivity index (χ1n) is 13.1. The van der Waals surface area contributed by atoms with Crippen LogP contribution in [0.25, 0.3) is 0 Å². The molecule has 1 fully saturated rings. The summed E-state index contributed by atoms with van der Waals surface area (Å²) in [6, 6.07) is 14.2. The number of hydrogen-bond acceptors (Lipinski definition) is 8. The molecular weight excluding hydrogens is 486 g/mol. The number of aliphatic hydroxyl groups is 1. The molecule has 0 spiro atoms. The Morgan fingerprint density at radius 1 is 1.03 bits per heavy atom. The number of nitrogens with zero attached hydrogens (tertiary/aromatic N) is 3. The minimum Gasteiger partial charge on any atom is -0.459 e. The first kappa shape index (κ1) is 27.5. The number of hydrogen-bond donors (Lipinski definition) is 1. The number of ether oxygens (including phenoxy) is 3. The van der Waals surface area contributed by atoms with Crippen LogP contribution in [0.5, 0.6) is 0 Å². The van der Waals surface area contributed by atoms with Crippen LogP contribution in [0.3, 0.4) is 0 Å². The highest BCUT2D eigenvalue weighted by molar-refractivity contribution is 5.90. The van der Waals surface area contributed by atoms with Crippen molar-refractivity contribution in [1.82, 2.24) is 15.0 Å². The summed E-state index contributed by atoms with van der Waals surface area (Å²) in [5.74, 6) is -0.973. The third-order valence-electron chi connectivity index (χ3n) is 6.64. The van der Waals surface area contributed by atoms with Gasteiger partial charge in [-0.3, -0.25) is 0 Å². The van der Waals surface area contributed by atoms with Crippen molar-refractivity contribution in [2.75, 3.05) is 6.61 Å². The average molecular weight is 522 g/mol. The number of esters is 2. The van der Waals surface area contributed by atoms with Gasteiger partial charge in [0.25, 0.3) is 0 Å². The van der Waals surface area contributed by atoms with E-state index in [4.69, 9.17) is 14.2 Å². The number of carbonyl (C=O) groups excluding carboxylic acids is 2. The first-order valence-corrected chi connectivity index (χ1v) is 13.1. The van der Waals surface area contributed by atoms with Crippen LogP contribution in [-0.2, 0) is 14.2 Å². The zero-order valence-electron chi connectivity index (χ0n) is 22.1. The maximum absolute atomic E-state index is 12.9. The molecule has 4 rings (SSSR count). The van der Waals surface area contributed by atoms with E-state index in [1.54, 1.807) is 30.5 Å². The summed E-state index contributed by atoms with van der Waals surface area (Å²) in [5.41, 5.74) is 3.39. The van der Waals surface area contributed by atoms with Crippen molar-refractivity contribution >= 4 is 11.9 Å². The highest BCUT2D eigenvalue weighted by Gasteiger charge is 2.40. The van der Waals surface area contributed by atoms with Crippen molar-refractivity contribution in [2.24, 2.45) is 0 Å². The third kappa shape index (κ3) is 7.05. The number of rotatable bonds is 11. The van der Waals surface area contributed by atoms with Crippen LogP contribution >= 0.6 is 0 Å². The molecule has 0 bridgehead atoms. The van der Waals surface area contributed by atoms with E-state index >= 15 is 0 Å². The van der Waals surface area contributed by atoms with E-state index in [2.05, 4.69) is 17.2 Å². The fraction of sp³-hybridized carbons (Fsp3) is 0.448. The Morgan fingerprint density at radius 3 is 2.29 bits per heavy atom. The maximum Gasteiger partial charge on any atom is 0.338 e. The standard InChI is InChI=1S/C29H35N3O6/c1-4-5-6-7-24(33)23-17-32(31-30-23)27-16-25(38-29(35)22-14-10-20(3)11-15-22)26(37-27)18-36-28(34)21-12-8-19(2)9-13-21/h8-15,17,24-27,33H,4-7,16,18H2,1-3H3/t24?,25-,26+,27+/m0/s1. The van der Waals surface area contributed by atoms with Crippen LogP contribution in [0.1, 0.15) is 88.9 Å². The lowest BCUT2D eigenvalue weighted by Crippen LogP contribution is -2.32.